The number of ketones is 1. The van der Waals surface area contributed by atoms with Crippen molar-refractivity contribution in [2.75, 3.05) is 0 Å². The van der Waals surface area contributed by atoms with E-state index in [2.05, 4.69) is 24.4 Å². The number of Topliss-reactive ketones (excluding diaryl/α,β-unsaturated/α-hetero) is 1. The van der Waals surface area contributed by atoms with Crippen molar-refractivity contribution in [2.45, 2.75) is 38.8 Å². The summed E-state index contributed by atoms with van der Waals surface area (Å²) in [5.74, 6) is 0.222. The van der Waals surface area contributed by atoms with Crippen molar-refractivity contribution in [1.82, 2.24) is 5.32 Å². The van der Waals surface area contributed by atoms with Gasteiger partial charge in [-0.2, -0.15) is 0 Å². The summed E-state index contributed by atoms with van der Waals surface area (Å²) in [5, 5.41) is 12.6. The molecule has 0 heterocycles. The number of benzene rings is 2. The molecule has 0 aliphatic carbocycles. The van der Waals surface area contributed by atoms with Crippen LogP contribution in [0.1, 0.15) is 36.2 Å². The van der Waals surface area contributed by atoms with Crippen molar-refractivity contribution in [3.8, 4) is 5.75 Å². The molecule has 0 amide bonds. The Morgan fingerprint density at radius 3 is 2.32 bits per heavy atom. The zero-order valence-corrected chi connectivity index (χ0v) is 13.1. The molecule has 2 unspecified atom stereocenters. The molecule has 0 saturated carbocycles. The van der Waals surface area contributed by atoms with Gasteiger partial charge in [-0.25, -0.2) is 0 Å². The fourth-order valence-corrected chi connectivity index (χ4v) is 2.49. The van der Waals surface area contributed by atoms with E-state index in [0.29, 0.717) is 5.56 Å². The van der Waals surface area contributed by atoms with Crippen LogP contribution in [0.4, 0.5) is 0 Å². The molecule has 0 aliphatic rings. The zero-order chi connectivity index (χ0) is 15.9. The van der Waals surface area contributed by atoms with E-state index >= 15 is 0 Å². The highest BCUT2D eigenvalue weighted by atomic mass is 16.3. The number of phenolic OH excluding ortho intramolecular Hbond substituents is 1. The molecule has 0 bridgehead atoms. The van der Waals surface area contributed by atoms with Gasteiger partial charge in [0.25, 0.3) is 0 Å². The van der Waals surface area contributed by atoms with E-state index in [0.717, 1.165) is 12.8 Å². The largest absolute Gasteiger partial charge is 0.508 e. The van der Waals surface area contributed by atoms with Crippen LogP contribution in [0, 0.1) is 0 Å². The highest BCUT2D eigenvalue weighted by molar-refractivity contribution is 5.99. The predicted octanol–water partition coefficient (Wildman–Crippen LogP) is 3.57. The maximum absolute atomic E-state index is 12.3. The van der Waals surface area contributed by atoms with Crippen molar-refractivity contribution in [2.24, 2.45) is 0 Å². The number of hydrogen-bond donors (Lipinski definition) is 2. The van der Waals surface area contributed by atoms with Gasteiger partial charge < -0.3 is 10.4 Å². The lowest BCUT2D eigenvalue weighted by molar-refractivity contribution is 0.0945. The van der Waals surface area contributed by atoms with Gasteiger partial charge in [-0.1, -0.05) is 30.3 Å². The first-order valence-corrected chi connectivity index (χ1v) is 7.69. The van der Waals surface area contributed by atoms with Gasteiger partial charge in [0.15, 0.2) is 5.78 Å². The third-order valence-electron chi connectivity index (χ3n) is 3.79. The Labute approximate surface area is 132 Å². The van der Waals surface area contributed by atoms with Gasteiger partial charge in [0, 0.05) is 11.6 Å². The predicted molar refractivity (Wildman–Crippen MR) is 89.3 cm³/mol. The minimum Gasteiger partial charge on any atom is -0.508 e. The van der Waals surface area contributed by atoms with Crippen molar-refractivity contribution in [1.29, 1.82) is 0 Å². The standard InChI is InChI=1S/C19H23NO2/c1-14(8-9-16-6-4-3-5-7-16)20-15(2)19(22)17-10-12-18(21)13-11-17/h3-7,10-15,20-21H,8-9H2,1-2H3. The molecule has 116 valence electrons. The van der Waals surface area contributed by atoms with Crippen LogP contribution >= 0.6 is 0 Å². The van der Waals surface area contributed by atoms with Crippen LogP contribution in [-0.4, -0.2) is 23.0 Å². The number of rotatable bonds is 7. The minimum absolute atomic E-state index is 0.0477. The van der Waals surface area contributed by atoms with Gasteiger partial charge in [0.2, 0.25) is 0 Å². The Hall–Kier alpha value is -2.13. The smallest absolute Gasteiger partial charge is 0.179 e. The molecule has 2 aromatic rings. The lowest BCUT2D eigenvalue weighted by Gasteiger charge is -2.19. The molecule has 0 saturated heterocycles. The summed E-state index contributed by atoms with van der Waals surface area (Å²) in [7, 11) is 0. The van der Waals surface area contributed by atoms with Crippen LogP contribution in [0.2, 0.25) is 0 Å². The second-order valence-corrected chi connectivity index (χ2v) is 5.72. The first-order chi connectivity index (χ1) is 10.6. The normalized spacial score (nSPS) is 13.5. The molecule has 0 spiro atoms. The molecular weight excluding hydrogens is 274 g/mol. The summed E-state index contributed by atoms with van der Waals surface area (Å²) >= 11 is 0. The molecule has 0 aromatic heterocycles. The van der Waals surface area contributed by atoms with Gasteiger partial charge in [0.05, 0.1) is 6.04 Å². The zero-order valence-electron chi connectivity index (χ0n) is 13.1. The van der Waals surface area contributed by atoms with Crippen LogP contribution in [0.15, 0.2) is 54.6 Å². The molecule has 0 aliphatic heterocycles. The quantitative estimate of drug-likeness (QED) is 0.768. The van der Waals surface area contributed by atoms with E-state index in [1.54, 1.807) is 24.3 Å². The molecule has 0 radical (unpaired) electrons. The number of carbonyl (C=O) groups is 1. The maximum Gasteiger partial charge on any atom is 0.179 e. The molecule has 3 nitrogen and oxygen atoms in total. The summed E-state index contributed by atoms with van der Waals surface area (Å²) < 4.78 is 0. The maximum atomic E-state index is 12.3. The Morgan fingerprint density at radius 1 is 1.05 bits per heavy atom. The summed E-state index contributed by atoms with van der Waals surface area (Å²) in [6, 6.07) is 16.8. The van der Waals surface area contributed by atoms with E-state index in [1.165, 1.54) is 5.56 Å². The van der Waals surface area contributed by atoms with E-state index in [9.17, 15) is 9.90 Å². The molecule has 2 rings (SSSR count). The number of carbonyl (C=O) groups excluding carboxylic acids is 1. The van der Waals surface area contributed by atoms with E-state index < -0.39 is 0 Å². The number of aromatic hydroxyl groups is 1. The summed E-state index contributed by atoms with van der Waals surface area (Å²) in [5.41, 5.74) is 1.93. The Kier molecular flexibility index (Phi) is 5.73. The van der Waals surface area contributed by atoms with Crippen molar-refractivity contribution in [3.63, 3.8) is 0 Å². The fraction of sp³-hybridized carbons (Fsp3) is 0.316. The van der Waals surface area contributed by atoms with Crippen LogP contribution in [0.5, 0.6) is 5.75 Å². The van der Waals surface area contributed by atoms with Gasteiger partial charge >= 0.3 is 0 Å². The van der Waals surface area contributed by atoms with Crippen molar-refractivity contribution >= 4 is 5.78 Å². The summed E-state index contributed by atoms with van der Waals surface area (Å²) in [6.45, 7) is 3.98. The number of phenols is 1. The summed E-state index contributed by atoms with van der Waals surface area (Å²) in [6.07, 6.45) is 1.98. The van der Waals surface area contributed by atoms with Gasteiger partial charge in [-0.15, -0.1) is 0 Å². The average Bonchev–Trinajstić information content (AvgIpc) is 2.54. The molecule has 2 aromatic carbocycles. The highest BCUT2D eigenvalue weighted by Gasteiger charge is 2.17. The van der Waals surface area contributed by atoms with Crippen LogP contribution in [-0.2, 0) is 6.42 Å². The lowest BCUT2D eigenvalue weighted by Crippen LogP contribution is -2.40. The first kappa shape index (κ1) is 16.2. The van der Waals surface area contributed by atoms with Crippen LogP contribution in [0.3, 0.4) is 0 Å². The molecular formula is C19H23NO2. The first-order valence-electron chi connectivity index (χ1n) is 7.69. The Morgan fingerprint density at radius 2 is 1.68 bits per heavy atom. The second kappa shape index (κ2) is 7.76. The number of aryl methyl sites for hydroxylation is 1. The van der Waals surface area contributed by atoms with Crippen molar-refractivity contribution in [3.05, 3.63) is 65.7 Å². The fourth-order valence-electron chi connectivity index (χ4n) is 2.49. The molecule has 2 N–H and O–H groups in total. The molecule has 3 heteroatoms. The van der Waals surface area contributed by atoms with Crippen LogP contribution < -0.4 is 5.32 Å². The lowest BCUT2D eigenvalue weighted by atomic mass is 10.0. The highest BCUT2D eigenvalue weighted by Crippen LogP contribution is 2.12. The van der Waals surface area contributed by atoms with E-state index in [4.69, 9.17) is 0 Å². The molecule has 2 atom stereocenters. The minimum atomic E-state index is -0.240. The Bertz CT molecular complexity index is 593. The molecule has 22 heavy (non-hydrogen) atoms. The number of hydrogen-bond acceptors (Lipinski definition) is 3. The monoisotopic (exact) mass is 297 g/mol. The van der Waals surface area contributed by atoms with E-state index in [-0.39, 0.29) is 23.6 Å². The van der Waals surface area contributed by atoms with Crippen LogP contribution in [0.25, 0.3) is 0 Å². The van der Waals surface area contributed by atoms with Crippen molar-refractivity contribution < 1.29 is 9.90 Å². The topological polar surface area (TPSA) is 49.3 Å². The van der Waals surface area contributed by atoms with Gasteiger partial charge in [0.1, 0.15) is 5.75 Å². The SMILES string of the molecule is CC(CCc1ccccc1)NC(C)C(=O)c1ccc(O)cc1. The average molecular weight is 297 g/mol. The third kappa shape index (κ3) is 4.71. The van der Waals surface area contributed by atoms with Gasteiger partial charge in [-0.3, -0.25) is 4.79 Å². The number of nitrogens with one attached hydrogen (secondary N) is 1. The second-order valence-electron chi connectivity index (χ2n) is 5.72. The Balaban J connectivity index is 1.84. The third-order valence-corrected chi connectivity index (χ3v) is 3.79. The summed E-state index contributed by atoms with van der Waals surface area (Å²) in [4.78, 5) is 12.3. The molecule has 0 fully saturated rings. The van der Waals surface area contributed by atoms with Gasteiger partial charge in [-0.05, 0) is 56.5 Å². The van der Waals surface area contributed by atoms with E-state index in [1.807, 2.05) is 25.1 Å².